The monoisotopic (exact) mass is 448 g/mol. The molecule has 0 aromatic carbocycles. The molecule has 0 fully saturated rings. The molecule has 0 saturated carbocycles. The Balaban J connectivity index is 3.57. The topological polar surface area (TPSA) is 66.8 Å². The van der Waals surface area contributed by atoms with E-state index in [9.17, 15) is 4.57 Å². The van der Waals surface area contributed by atoms with Gasteiger partial charge >= 0.3 is 7.82 Å². The van der Waals surface area contributed by atoms with Gasteiger partial charge in [0, 0.05) is 0 Å². The average molecular weight is 449 g/mol. The van der Waals surface area contributed by atoms with E-state index in [1.54, 1.807) is 0 Å². The predicted octanol–water partition coefficient (Wildman–Crippen LogP) is 6.99. The first-order valence-corrected chi connectivity index (χ1v) is 13.9. The molecule has 0 aliphatic carbocycles. The molecule has 0 bridgehead atoms. The largest absolute Gasteiger partial charge is 0.470 e. The summed E-state index contributed by atoms with van der Waals surface area (Å²) in [5.41, 5.74) is 0. The number of hydrogen-bond donors (Lipinski definition) is 2. The molecule has 0 aromatic heterocycles. The lowest BCUT2D eigenvalue weighted by molar-refractivity contribution is -0.873. The van der Waals surface area contributed by atoms with Gasteiger partial charge in [0.05, 0.1) is 21.1 Å². The van der Waals surface area contributed by atoms with Crippen LogP contribution in [-0.4, -0.2) is 48.1 Å². The number of unbranched alkanes of at least 4 members (excludes halogenated alkanes) is 13. The van der Waals surface area contributed by atoms with Crippen LogP contribution in [0.4, 0.5) is 0 Å². The van der Waals surface area contributed by atoms with Crippen LogP contribution in [0, 0.1) is 0 Å². The zero-order chi connectivity index (χ0) is 22.7. The molecule has 1 unspecified atom stereocenters. The molecule has 180 valence electrons. The molecule has 2 N–H and O–H groups in total. The first-order chi connectivity index (χ1) is 14.1. The fraction of sp³-hybridized carbons (Fsp3) is 0.917. The molecule has 0 aliphatic heterocycles. The highest BCUT2D eigenvalue weighted by Crippen LogP contribution is 2.39. The molecule has 0 aliphatic rings. The van der Waals surface area contributed by atoms with Crippen molar-refractivity contribution in [3.63, 3.8) is 0 Å². The number of likely N-dealkylation sites (N-methyl/N-ethyl adjacent to an activating group) is 1. The second kappa shape index (κ2) is 18.4. The van der Waals surface area contributed by atoms with Gasteiger partial charge in [-0.25, -0.2) is 4.57 Å². The van der Waals surface area contributed by atoms with E-state index in [1.807, 2.05) is 21.1 Å². The summed E-state index contributed by atoms with van der Waals surface area (Å²) < 4.78 is 16.8. The van der Waals surface area contributed by atoms with Crippen molar-refractivity contribution < 1.29 is 23.4 Å². The second-order valence-electron chi connectivity index (χ2n) is 9.77. The highest BCUT2D eigenvalue weighted by Gasteiger charge is 2.26. The molecular weight excluding hydrogens is 397 g/mol. The van der Waals surface area contributed by atoms with Crippen molar-refractivity contribution in [1.82, 2.24) is 0 Å². The van der Waals surface area contributed by atoms with Crippen molar-refractivity contribution in [2.24, 2.45) is 0 Å². The minimum atomic E-state index is -4.42. The predicted molar refractivity (Wildman–Crippen MR) is 129 cm³/mol. The van der Waals surface area contributed by atoms with Crippen LogP contribution in [0.2, 0.25) is 0 Å². The van der Waals surface area contributed by atoms with Crippen molar-refractivity contribution in [3.05, 3.63) is 12.2 Å². The molecule has 0 rings (SSSR count). The summed E-state index contributed by atoms with van der Waals surface area (Å²) in [6.45, 7) is 2.87. The molecule has 6 heteroatoms. The number of phosphoric acid groups is 1. The van der Waals surface area contributed by atoms with Crippen LogP contribution in [0.25, 0.3) is 0 Å². The van der Waals surface area contributed by atoms with Gasteiger partial charge in [0.25, 0.3) is 0 Å². The third-order valence-electron chi connectivity index (χ3n) is 5.33. The summed E-state index contributed by atoms with van der Waals surface area (Å²) in [5, 5.41) is 0. The molecule has 1 atom stereocenters. The highest BCUT2D eigenvalue weighted by atomic mass is 31.2. The zero-order valence-electron chi connectivity index (χ0n) is 20.4. The van der Waals surface area contributed by atoms with Crippen molar-refractivity contribution >= 4 is 7.82 Å². The Morgan fingerprint density at radius 3 is 1.63 bits per heavy atom. The van der Waals surface area contributed by atoms with Crippen LogP contribution in [0.15, 0.2) is 12.2 Å². The van der Waals surface area contributed by atoms with E-state index >= 15 is 0 Å². The van der Waals surface area contributed by atoms with E-state index in [2.05, 4.69) is 19.1 Å². The lowest BCUT2D eigenvalue weighted by Gasteiger charge is -2.29. The second-order valence-corrected chi connectivity index (χ2v) is 11.0. The van der Waals surface area contributed by atoms with Gasteiger partial charge < -0.3 is 14.3 Å². The minimum Gasteiger partial charge on any atom is -0.329 e. The van der Waals surface area contributed by atoms with Crippen LogP contribution in [0.1, 0.15) is 110 Å². The lowest BCUT2D eigenvalue weighted by Crippen LogP contribution is -2.42. The van der Waals surface area contributed by atoms with Gasteiger partial charge in [-0.2, -0.15) is 0 Å². The molecule has 0 spiro atoms. The fourth-order valence-electron chi connectivity index (χ4n) is 3.78. The Bertz CT molecular complexity index is 457. The van der Waals surface area contributed by atoms with E-state index in [4.69, 9.17) is 14.3 Å². The Morgan fingerprint density at radius 1 is 0.767 bits per heavy atom. The number of phosphoric ester groups is 1. The smallest absolute Gasteiger partial charge is 0.329 e. The molecule has 0 radical (unpaired) electrons. The third kappa shape index (κ3) is 24.1. The number of rotatable bonds is 21. The van der Waals surface area contributed by atoms with Crippen LogP contribution in [0.3, 0.4) is 0 Å². The molecule has 0 saturated heterocycles. The molecule has 0 amide bonds. The summed E-state index contributed by atoms with van der Waals surface area (Å²) >= 11 is 0. The molecular formula is C24H51NO4P+. The molecule has 0 aromatic rings. The number of hydrogen-bond acceptors (Lipinski definition) is 2. The van der Waals surface area contributed by atoms with Gasteiger partial charge in [0.2, 0.25) is 0 Å². The lowest BCUT2D eigenvalue weighted by atomic mass is 10.0. The standard InChI is InChI=1S/C24H50NO4P/c1-5-6-7-8-9-10-11-12-13-14-15-16-17-18-19-20-21-22-24(23-25(2,3)4)29-30(26,27)28/h12-13,24H,5-11,14-23H2,1-4H3,(H-,26,27,28)/p+1. The van der Waals surface area contributed by atoms with Gasteiger partial charge in [-0.15, -0.1) is 0 Å². The fourth-order valence-corrected chi connectivity index (χ4v) is 4.34. The van der Waals surface area contributed by atoms with E-state index in [0.717, 1.165) is 12.8 Å². The van der Waals surface area contributed by atoms with E-state index in [1.165, 1.54) is 83.5 Å². The van der Waals surface area contributed by atoms with Crippen molar-refractivity contribution in [2.45, 2.75) is 116 Å². The quantitative estimate of drug-likeness (QED) is 0.0859. The maximum atomic E-state index is 11.2. The maximum absolute atomic E-state index is 11.2. The van der Waals surface area contributed by atoms with Crippen molar-refractivity contribution in [3.8, 4) is 0 Å². The average Bonchev–Trinajstić information content (AvgIpc) is 2.61. The summed E-state index contributed by atoms with van der Waals surface area (Å²) in [6.07, 6.45) is 24.1. The molecule has 0 heterocycles. The summed E-state index contributed by atoms with van der Waals surface area (Å²) in [4.78, 5) is 18.2. The summed E-state index contributed by atoms with van der Waals surface area (Å²) in [7, 11) is 1.63. The Hall–Kier alpha value is -0.190. The maximum Gasteiger partial charge on any atom is 0.470 e. The van der Waals surface area contributed by atoms with Gasteiger partial charge in [-0.3, -0.25) is 4.52 Å². The summed E-state index contributed by atoms with van der Waals surface area (Å²) in [5.74, 6) is 0. The van der Waals surface area contributed by atoms with E-state index in [0.29, 0.717) is 17.4 Å². The Morgan fingerprint density at radius 2 is 1.20 bits per heavy atom. The summed E-state index contributed by atoms with van der Waals surface area (Å²) in [6, 6.07) is 0. The van der Waals surface area contributed by atoms with E-state index < -0.39 is 7.82 Å². The number of allylic oxidation sites excluding steroid dienone is 2. The van der Waals surface area contributed by atoms with Crippen LogP contribution >= 0.6 is 7.82 Å². The van der Waals surface area contributed by atoms with E-state index in [-0.39, 0.29) is 6.10 Å². The van der Waals surface area contributed by atoms with Crippen molar-refractivity contribution in [2.75, 3.05) is 27.7 Å². The highest BCUT2D eigenvalue weighted by molar-refractivity contribution is 7.46. The van der Waals surface area contributed by atoms with Crippen LogP contribution < -0.4 is 0 Å². The number of nitrogens with zero attached hydrogens (tertiary/aromatic N) is 1. The van der Waals surface area contributed by atoms with Gasteiger partial charge in [-0.05, 0) is 32.1 Å². The number of quaternary nitrogens is 1. The SMILES string of the molecule is CCCCCCCCC=CCCCCCCCCCC(C[N+](C)(C)C)OP(=O)(O)O. The third-order valence-corrected chi connectivity index (χ3v) is 5.90. The molecule has 30 heavy (non-hydrogen) atoms. The van der Waals surface area contributed by atoms with Crippen LogP contribution in [0.5, 0.6) is 0 Å². The normalized spacial score (nSPS) is 13.9. The Labute approximate surface area is 187 Å². The zero-order valence-corrected chi connectivity index (χ0v) is 21.3. The molecule has 5 nitrogen and oxygen atoms in total. The van der Waals surface area contributed by atoms with Gasteiger partial charge in [-0.1, -0.05) is 89.7 Å². The van der Waals surface area contributed by atoms with Crippen molar-refractivity contribution in [1.29, 1.82) is 0 Å². The van der Waals surface area contributed by atoms with Gasteiger partial charge in [0.1, 0.15) is 12.6 Å². The Kier molecular flexibility index (Phi) is 18.3. The van der Waals surface area contributed by atoms with Crippen LogP contribution in [-0.2, 0) is 9.09 Å². The minimum absolute atomic E-state index is 0.381. The van der Waals surface area contributed by atoms with Gasteiger partial charge in [0.15, 0.2) is 0 Å². The first-order valence-electron chi connectivity index (χ1n) is 12.3. The first kappa shape index (κ1) is 29.8.